The monoisotopic (exact) mass is 209 g/mol. The summed E-state index contributed by atoms with van der Waals surface area (Å²) in [5.41, 5.74) is 4.80. The Balaban J connectivity index is 2.55. The van der Waals surface area contributed by atoms with E-state index in [9.17, 15) is 0 Å². The number of aryl methyl sites for hydroxylation is 2. The van der Waals surface area contributed by atoms with Gasteiger partial charge in [-0.2, -0.15) is 0 Å². The maximum atomic E-state index is 4.60. The smallest absolute Gasteiger partial charge is 0.0984 e. The SMILES string of the molecule is Cc1nc2ccc3ncccc3c2nc1C. The Morgan fingerprint density at radius 1 is 0.875 bits per heavy atom. The van der Waals surface area contributed by atoms with Crippen molar-refractivity contribution in [3.8, 4) is 0 Å². The van der Waals surface area contributed by atoms with Crippen LogP contribution in [0.2, 0.25) is 0 Å². The van der Waals surface area contributed by atoms with E-state index in [1.54, 1.807) is 6.20 Å². The summed E-state index contributed by atoms with van der Waals surface area (Å²) in [5.74, 6) is 0. The second-order valence-electron chi connectivity index (χ2n) is 3.90. The molecule has 0 saturated carbocycles. The summed E-state index contributed by atoms with van der Waals surface area (Å²) in [4.78, 5) is 13.5. The van der Waals surface area contributed by atoms with Crippen molar-refractivity contribution in [1.29, 1.82) is 0 Å². The van der Waals surface area contributed by atoms with Gasteiger partial charge in [-0.05, 0) is 38.1 Å². The van der Waals surface area contributed by atoms with Gasteiger partial charge in [0.1, 0.15) is 0 Å². The van der Waals surface area contributed by atoms with E-state index >= 15 is 0 Å². The molecule has 0 aliphatic carbocycles. The molecule has 0 aliphatic heterocycles. The van der Waals surface area contributed by atoms with Crippen LogP contribution in [-0.4, -0.2) is 15.0 Å². The van der Waals surface area contributed by atoms with Crippen molar-refractivity contribution in [2.75, 3.05) is 0 Å². The van der Waals surface area contributed by atoms with Crippen molar-refractivity contribution in [2.24, 2.45) is 0 Å². The molecule has 0 bridgehead atoms. The van der Waals surface area contributed by atoms with Gasteiger partial charge in [-0.1, -0.05) is 0 Å². The molecule has 3 aromatic rings. The van der Waals surface area contributed by atoms with Crippen LogP contribution in [0.15, 0.2) is 30.5 Å². The molecule has 0 saturated heterocycles. The molecule has 0 unspecified atom stereocenters. The van der Waals surface area contributed by atoms with Gasteiger partial charge < -0.3 is 0 Å². The first-order chi connectivity index (χ1) is 7.75. The van der Waals surface area contributed by atoms with E-state index in [2.05, 4.69) is 15.0 Å². The van der Waals surface area contributed by atoms with Crippen molar-refractivity contribution in [2.45, 2.75) is 13.8 Å². The van der Waals surface area contributed by atoms with Gasteiger partial charge in [-0.3, -0.25) is 4.98 Å². The Bertz CT molecular complexity index is 689. The van der Waals surface area contributed by atoms with E-state index in [0.717, 1.165) is 33.3 Å². The van der Waals surface area contributed by atoms with Crippen LogP contribution in [0.25, 0.3) is 21.9 Å². The lowest BCUT2D eigenvalue weighted by molar-refractivity contribution is 1.10. The third kappa shape index (κ3) is 1.25. The lowest BCUT2D eigenvalue weighted by Crippen LogP contribution is -1.94. The second-order valence-corrected chi connectivity index (χ2v) is 3.90. The number of fused-ring (bicyclic) bond motifs is 3. The highest BCUT2D eigenvalue weighted by atomic mass is 14.8. The largest absolute Gasteiger partial charge is 0.256 e. The van der Waals surface area contributed by atoms with Crippen molar-refractivity contribution in [3.05, 3.63) is 41.9 Å². The van der Waals surface area contributed by atoms with Crippen LogP contribution in [0.5, 0.6) is 0 Å². The molecule has 1 aromatic carbocycles. The van der Waals surface area contributed by atoms with Crippen LogP contribution < -0.4 is 0 Å². The van der Waals surface area contributed by atoms with E-state index in [4.69, 9.17) is 0 Å². The number of nitrogens with zero attached hydrogens (tertiary/aromatic N) is 3. The van der Waals surface area contributed by atoms with E-state index in [-0.39, 0.29) is 0 Å². The maximum absolute atomic E-state index is 4.60. The zero-order valence-electron chi connectivity index (χ0n) is 9.23. The van der Waals surface area contributed by atoms with E-state index in [1.807, 2.05) is 38.1 Å². The second kappa shape index (κ2) is 3.23. The number of benzene rings is 1. The van der Waals surface area contributed by atoms with Crippen LogP contribution in [0.1, 0.15) is 11.4 Å². The molecular formula is C13H11N3. The van der Waals surface area contributed by atoms with Crippen LogP contribution in [0.3, 0.4) is 0 Å². The molecule has 78 valence electrons. The predicted molar refractivity (Wildman–Crippen MR) is 64.3 cm³/mol. The molecule has 0 amide bonds. The third-order valence-electron chi connectivity index (χ3n) is 2.83. The first-order valence-electron chi connectivity index (χ1n) is 5.24. The van der Waals surface area contributed by atoms with Gasteiger partial charge >= 0.3 is 0 Å². The summed E-state index contributed by atoms with van der Waals surface area (Å²) >= 11 is 0. The fourth-order valence-electron chi connectivity index (χ4n) is 1.84. The minimum absolute atomic E-state index is 0.934. The number of pyridine rings is 1. The molecule has 0 aliphatic rings. The van der Waals surface area contributed by atoms with E-state index in [0.29, 0.717) is 0 Å². The average molecular weight is 209 g/mol. The number of hydrogen-bond acceptors (Lipinski definition) is 3. The first-order valence-corrected chi connectivity index (χ1v) is 5.24. The number of hydrogen-bond donors (Lipinski definition) is 0. The predicted octanol–water partition coefficient (Wildman–Crippen LogP) is 2.79. The van der Waals surface area contributed by atoms with E-state index in [1.165, 1.54) is 0 Å². The Morgan fingerprint density at radius 2 is 1.62 bits per heavy atom. The molecule has 3 heteroatoms. The highest BCUT2D eigenvalue weighted by molar-refractivity contribution is 6.02. The summed E-state index contributed by atoms with van der Waals surface area (Å²) in [5, 5.41) is 1.07. The van der Waals surface area contributed by atoms with Crippen molar-refractivity contribution in [3.63, 3.8) is 0 Å². The molecule has 0 spiro atoms. The zero-order chi connectivity index (χ0) is 11.1. The normalized spacial score (nSPS) is 11.1. The first kappa shape index (κ1) is 9.21. The van der Waals surface area contributed by atoms with Crippen molar-refractivity contribution < 1.29 is 0 Å². The van der Waals surface area contributed by atoms with Gasteiger partial charge in [0, 0.05) is 11.6 Å². The van der Waals surface area contributed by atoms with E-state index < -0.39 is 0 Å². The molecule has 16 heavy (non-hydrogen) atoms. The molecule has 2 aromatic heterocycles. The Labute approximate surface area is 93.2 Å². The van der Waals surface area contributed by atoms with Gasteiger partial charge in [0.05, 0.1) is 27.9 Å². The summed E-state index contributed by atoms with van der Waals surface area (Å²) in [6.07, 6.45) is 1.79. The van der Waals surface area contributed by atoms with Gasteiger partial charge in [0.25, 0.3) is 0 Å². The fraction of sp³-hybridized carbons (Fsp3) is 0.154. The highest BCUT2D eigenvalue weighted by Gasteiger charge is 2.05. The standard InChI is InChI=1S/C13H11N3/c1-8-9(2)16-13-10-4-3-7-14-11(10)5-6-12(13)15-8/h3-7H,1-2H3. The molecular weight excluding hydrogens is 198 g/mol. The van der Waals surface area contributed by atoms with Crippen LogP contribution in [0.4, 0.5) is 0 Å². The zero-order valence-corrected chi connectivity index (χ0v) is 9.23. The molecule has 0 N–H and O–H groups in total. The van der Waals surface area contributed by atoms with Crippen molar-refractivity contribution in [1.82, 2.24) is 15.0 Å². The van der Waals surface area contributed by atoms with Crippen LogP contribution >= 0.6 is 0 Å². The minimum atomic E-state index is 0.934. The number of rotatable bonds is 0. The van der Waals surface area contributed by atoms with Gasteiger partial charge in [-0.15, -0.1) is 0 Å². The summed E-state index contributed by atoms with van der Waals surface area (Å²) in [6.45, 7) is 3.96. The average Bonchev–Trinajstić information content (AvgIpc) is 2.31. The van der Waals surface area contributed by atoms with Crippen LogP contribution in [0, 0.1) is 13.8 Å². The lowest BCUT2D eigenvalue weighted by atomic mass is 10.1. The number of aromatic nitrogens is 3. The fourth-order valence-corrected chi connectivity index (χ4v) is 1.84. The molecule has 3 nitrogen and oxygen atoms in total. The Morgan fingerprint density at radius 3 is 2.50 bits per heavy atom. The summed E-state index contributed by atoms with van der Waals surface area (Å²) in [7, 11) is 0. The molecule has 0 atom stereocenters. The van der Waals surface area contributed by atoms with Gasteiger partial charge in [-0.25, -0.2) is 9.97 Å². The van der Waals surface area contributed by atoms with Crippen molar-refractivity contribution >= 4 is 21.9 Å². The minimum Gasteiger partial charge on any atom is -0.256 e. The lowest BCUT2D eigenvalue weighted by Gasteiger charge is -2.04. The molecule has 0 radical (unpaired) electrons. The quantitative estimate of drug-likeness (QED) is 0.534. The van der Waals surface area contributed by atoms with Gasteiger partial charge in [0.2, 0.25) is 0 Å². The van der Waals surface area contributed by atoms with Gasteiger partial charge in [0.15, 0.2) is 0 Å². The summed E-state index contributed by atoms with van der Waals surface area (Å²) < 4.78 is 0. The highest BCUT2D eigenvalue weighted by Crippen LogP contribution is 2.21. The molecule has 3 rings (SSSR count). The Kier molecular flexibility index (Phi) is 1.86. The topological polar surface area (TPSA) is 38.7 Å². The summed E-state index contributed by atoms with van der Waals surface area (Å²) in [6, 6.07) is 7.93. The van der Waals surface area contributed by atoms with Crippen LogP contribution in [-0.2, 0) is 0 Å². The third-order valence-corrected chi connectivity index (χ3v) is 2.83. The molecule has 0 fully saturated rings. The Hall–Kier alpha value is -2.03. The maximum Gasteiger partial charge on any atom is 0.0984 e. The molecule has 2 heterocycles.